The summed E-state index contributed by atoms with van der Waals surface area (Å²) in [6, 6.07) is 12.4. The van der Waals surface area contributed by atoms with Crippen molar-refractivity contribution >= 4 is 45.0 Å². The quantitative estimate of drug-likeness (QED) is 0.643. The Morgan fingerprint density at radius 3 is 2.48 bits per heavy atom. The molecule has 1 aromatic heterocycles. The number of nitrogens with one attached hydrogen (secondary N) is 1. The van der Waals surface area contributed by atoms with Crippen molar-refractivity contribution in [2.45, 2.75) is 11.3 Å². The van der Waals surface area contributed by atoms with Gasteiger partial charge in [0.1, 0.15) is 0 Å². The number of carbonyl (C=O) groups is 1. The summed E-state index contributed by atoms with van der Waals surface area (Å²) < 4.78 is 29.8. The molecule has 0 saturated carbocycles. The van der Waals surface area contributed by atoms with E-state index in [1.54, 1.807) is 24.3 Å². The third-order valence-corrected chi connectivity index (χ3v) is 5.73. The molecule has 3 rings (SSSR count). The highest BCUT2D eigenvalue weighted by Gasteiger charge is 2.18. The first-order chi connectivity index (χ1) is 12.8. The molecule has 0 aliphatic carbocycles. The number of halogens is 2. The van der Waals surface area contributed by atoms with Crippen LogP contribution in [0.1, 0.15) is 6.42 Å². The Kier molecular flexibility index (Phi) is 5.79. The minimum Gasteiger partial charge on any atom is -0.403 e. The van der Waals surface area contributed by atoms with Crippen molar-refractivity contribution in [3.8, 4) is 11.5 Å². The van der Waals surface area contributed by atoms with Crippen molar-refractivity contribution in [1.82, 2.24) is 10.2 Å². The van der Waals surface area contributed by atoms with E-state index in [9.17, 15) is 13.2 Å². The van der Waals surface area contributed by atoms with Crippen LogP contribution in [0, 0.1) is 0 Å². The second-order valence-electron chi connectivity index (χ2n) is 5.49. The number of hydrogen-bond donors (Lipinski definition) is 1. The number of carbonyl (C=O) groups excluding carboxylic acids is 1. The average Bonchev–Trinajstić information content (AvgIpc) is 3.09. The van der Waals surface area contributed by atoms with Gasteiger partial charge in [0.2, 0.25) is 11.8 Å². The lowest BCUT2D eigenvalue weighted by Crippen LogP contribution is -2.17. The topological polar surface area (TPSA) is 102 Å². The minimum absolute atomic E-state index is 0.0979. The van der Waals surface area contributed by atoms with Gasteiger partial charge in [-0.2, -0.15) is 0 Å². The molecule has 1 amide bonds. The third kappa shape index (κ3) is 5.06. The Labute approximate surface area is 165 Å². The predicted molar refractivity (Wildman–Crippen MR) is 101 cm³/mol. The second kappa shape index (κ2) is 8.08. The van der Waals surface area contributed by atoms with Crippen molar-refractivity contribution in [2.24, 2.45) is 0 Å². The van der Waals surface area contributed by atoms with Crippen LogP contribution in [0.4, 0.5) is 6.01 Å². The fraction of sp³-hybridized carbons (Fsp3) is 0.118. The molecule has 140 valence electrons. The van der Waals surface area contributed by atoms with Gasteiger partial charge in [-0.1, -0.05) is 34.4 Å². The van der Waals surface area contributed by atoms with Crippen LogP contribution in [0.15, 0.2) is 57.8 Å². The van der Waals surface area contributed by atoms with Gasteiger partial charge in [0.05, 0.1) is 10.6 Å². The lowest BCUT2D eigenvalue weighted by Gasteiger charge is -2.04. The van der Waals surface area contributed by atoms with Crippen molar-refractivity contribution in [1.29, 1.82) is 0 Å². The van der Waals surface area contributed by atoms with Gasteiger partial charge in [0, 0.05) is 22.0 Å². The molecule has 1 N–H and O–H groups in total. The SMILES string of the molecule is O=C(CCS(=O)(=O)c1ccc(Cl)cc1)Nc1nnc(-c2cccc(Cl)c2)o1. The van der Waals surface area contributed by atoms with Gasteiger partial charge < -0.3 is 4.42 Å². The lowest BCUT2D eigenvalue weighted by molar-refractivity contribution is -0.115. The molecule has 2 aromatic carbocycles. The van der Waals surface area contributed by atoms with Gasteiger partial charge in [-0.15, -0.1) is 5.10 Å². The maximum absolute atomic E-state index is 12.2. The summed E-state index contributed by atoms with van der Waals surface area (Å²) in [7, 11) is -3.61. The van der Waals surface area contributed by atoms with Crippen LogP contribution >= 0.6 is 23.2 Å². The Balaban J connectivity index is 1.60. The number of anilines is 1. The molecule has 3 aromatic rings. The first kappa shape index (κ1) is 19.3. The van der Waals surface area contributed by atoms with E-state index in [2.05, 4.69) is 15.5 Å². The van der Waals surface area contributed by atoms with Crippen LogP contribution in [0.5, 0.6) is 0 Å². The number of nitrogens with zero attached hydrogens (tertiary/aromatic N) is 2. The van der Waals surface area contributed by atoms with Gasteiger partial charge in [-0.05, 0) is 42.5 Å². The first-order valence-electron chi connectivity index (χ1n) is 7.71. The summed E-state index contributed by atoms with van der Waals surface area (Å²) in [5, 5.41) is 10.9. The molecule has 0 aliphatic rings. The zero-order chi connectivity index (χ0) is 19.4. The van der Waals surface area contributed by atoms with Crippen molar-refractivity contribution in [2.75, 3.05) is 11.1 Å². The van der Waals surface area contributed by atoms with Crippen LogP contribution in [0.25, 0.3) is 11.5 Å². The monoisotopic (exact) mass is 425 g/mol. The molecule has 0 saturated heterocycles. The van der Waals surface area contributed by atoms with Gasteiger partial charge in [0.15, 0.2) is 9.84 Å². The molecule has 0 unspecified atom stereocenters. The van der Waals surface area contributed by atoms with Gasteiger partial charge in [-0.25, -0.2) is 8.42 Å². The van der Waals surface area contributed by atoms with Crippen LogP contribution < -0.4 is 5.32 Å². The molecular formula is C17H13Cl2N3O4S. The summed E-state index contributed by atoms with van der Waals surface area (Å²) in [6.45, 7) is 0. The third-order valence-electron chi connectivity index (χ3n) is 3.51. The van der Waals surface area contributed by atoms with E-state index in [1.807, 2.05) is 0 Å². The molecule has 0 spiro atoms. The fourth-order valence-corrected chi connectivity index (χ4v) is 3.74. The van der Waals surface area contributed by atoms with E-state index in [-0.39, 0.29) is 29.0 Å². The number of sulfone groups is 1. The summed E-state index contributed by atoms with van der Waals surface area (Å²) in [4.78, 5) is 12.1. The molecule has 0 aliphatic heterocycles. The van der Waals surface area contributed by atoms with E-state index in [1.165, 1.54) is 24.3 Å². The number of hydrogen-bond acceptors (Lipinski definition) is 6. The highest BCUT2D eigenvalue weighted by molar-refractivity contribution is 7.91. The summed E-state index contributed by atoms with van der Waals surface area (Å²) >= 11 is 11.7. The minimum atomic E-state index is -3.61. The summed E-state index contributed by atoms with van der Waals surface area (Å²) in [5.74, 6) is -0.745. The van der Waals surface area contributed by atoms with Crippen LogP contribution in [0.3, 0.4) is 0 Å². The zero-order valence-corrected chi connectivity index (χ0v) is 16.1. The Morgan fingerprint density at radius 1 is 1.04 bits per heavy atom. The number of rotatable bonds is 6. The lowest BCUT2D eigenvalue weighted by atomic mass is 10.2. The molecule has 0 bridgehead atoms. The molecular weight excluding hydrogens is 413 g/mol. The highest BCUT2D eigenvalue weighted by Crippen LogP contribution is 2.23. The fourth-order valence-electron chi connectivity index (χ4n) is 2.18. The van der Waals surface area contributed by atoms with Crippen LogP contribution in [-0.4, -0.2) is 30.3 Å². The number of benzene rings is 2. The van der Waals surface area contributed by atoms with Gasteiger partial charge >= 0.3 is 6.01 Å². The van der Waals surface area contributed by atoms with Crippen LogP contribution in [-0.2, 0) is 14.6 Å². The Bertz CT molecular complexity index is 1070. The van der Waals surface area contributed by atoms with Gasteiger partial charge in [0.25, 0.3) is 0 Å². The second-order valence-corrected chi connectivity index (χ2v) is 8.48. The normalized spacial score (nSPS) is 11.3. The van der Waals surface area contributed by atoms with E-state index >= 15 is 0 Å². The van der Waals surface area contributed by atoms with E-state index in [4.69, 9.17) is 27.6 Å². The van der Waals surface area contributed by atoms with E-state index in [0.717, 1.165) is 0 Å². The molecule has 10 heteroatoms. The van der Waals surface area contributed by atoms with Crippen molar-refractivity contribution < 1.29 is 17.6 Å². The molecule has 0 atom stereocenters. The van der Waals surface area contributed by atoms with Crippen molar-refractivity contribution in [3.63, 3.8) is 0 Å². The van der Waals surface area contributed by atoms with Crippen LogP contribution in [0.2, 0.25) is 10.0 Å². The standard InChI is InChI=1S/C17H13Cl2N3O4S/c18-12-4-6-14(7-5-12)27(24,25)9-8-15(23)20-17-22-21-16(26-17)11-2-1-3-13(19)10-11/h1-7,10H,8-9H2,(H,20,22,23). The first-order valence-corrected chi connectivity index (χ1v) is 10.1. The molecule has 1 heterocycles. The van der Waals surface area contributed by atoms with E-state index < -0.39 is 15.7 Å². The smallest absolute Gasteiger partial charge is 0.322 e. The van der Waals surface area contributed by atoms with E-state index in [0.29, 0.717) is 15.6 Å². The summed E-state index contributed by atoms with van der Waals surface area (Å²) in [6.07, 6.45) is -0.264. The summed E-state index contributed by atoms with van der Waals surface area (Å²) in [5.41, 5.74) is 0.598. The number of aromatic nitrogens is 2. The largest absolute Gasteiger partial charge is 0.403 e. The molecule has 0 radical (unpaired) electrons. The highest BCUT2D eigenvalue weighted by atomic mass is 35.5. The maximum atomic E-state index is 12.2. The molecule has 27 heavy (non-hydrogen) atoms. The Hall–Kier alpha value is -2.42. The zero-order valence-electron chi connectivity index (χ0n) is 13.7. The Morgan fingerprint density at radius 2 is 1.78 bits per heavy atom. The van der Waals surface area contributed by atoms with Gasteiger partial charge in [-0.3, -0.25) is 10.1 Å². The maximum Gasteiger partial charge on any atom is 0.322 e. The molecule has 7 nitrogen and oxygen atoms in total. The number of amides is 1. The van der Waals surface area contributed by atoms with Crippen molar-refractivity contribution in [3.05, 3.63) is 58.6 Å². The average molecular weight is 426 g/mol. The molecule has 0 fully saturated rings. The predicted octanol–water partition coefficient (Wildman–Crippen LogP) is 3.85.